The van der Waals surface area contributed by atoms with E-state index in [0.29, 0.717) is 29.0 Å². The van der Waals surface area contributed by atoms with Crippen molar-refractivity contribution in [3.63, 3.8) is 0 Å². The molecule has 9 heteroatoms. The molecule has 0 aliphatic carbocycles. The lowest BCUT2D eigenvalue weighted by Crippen LogP contribution is -2.45. The second kappa shape index (κ2) is 8.23. The van der Waals surface area contributed by atoms with Crippen molar-refractivity contribution < 1.29 is 4.74 Å². The summed E-state index contributed by atoms with van der Waals surface area (Å²) in [7, 11) is 1.59. The maximum absolute atomic E-state index is 5.47. The predicted octanol–water partition coefficient (Wildman–Crippen LogP) is 3.34. The van der Waals surface area contributed by atoms with Gasteiger partial charge in [-0.25, -0.2) is 9.97 Å². The lowest BCUT2D eigenvalue weighted by Gasteiger charge is -2.26. The largest absolute Gasteiger partial charge is 0.479 e. The van der Waals surface area contributed by atoms with Gasteiger partial charge in [0.1, 0.15) is 17.1 Å². The van der Waals surface area contributed by atoms with Gasteiger partial charge in [-0.15, -0.1) is 10.2 Å². The molecule has 0 radical (unpaired) electrons. The first-order valence-corrected chi connectivity index (χ1v) is 10.8. The summed E-state index contributed by atoms with van der Waals surface area (Å²) in [6, 6.07) is 6.37. The second-order valence-electron chi connectivity index (χ2n) is 8.55. The van der Waals surface area contributed by atoms with Crippen molar-refractivity contribution in [1.29, 1.82) is 0 Å². The van der Waals surface area contributed by atoms with E-state index in [9.17, 15) is 0 Å². The monoisotopic (exact) mass is 425 g/mol. The smallest absolute Gasteiger partial charge is 0.241 e. The molecule has 1 atom stereocenters. The summed E-state index contributed by atoms with van der Waals surface area (Å²) in [5.41, 5.74) is 3.04. The highest BCUT2D eigenvalue weighted by Crippen LogP contribution is 2.31. The molecule has 0 aromatic carbocycles. The van der Waals surface area contributed by atoms with Crippen LogP contribution < -0.4 is 15.0 Å². The molecule has 8 nitrogen and oxygen atoms in total. The summed E-state index contributed by atoms with van der Waals surface area (Å²) in [6.45, 7) is 10.4. The van der Waals surface area contributed by atoms with Gasteiger partial charge in [0.25, 0.3) is 0 Å². The van der Waals surface area contributed by atoms with Gasteiger partial charge in [-0.3, -0.25) is 0 Å². The highest BCUT2D eigenvalue weighted by atomic mass is 32.1. The number of aryl methyl sites for hydroxylation is 1. The fourth-order valence-corrected chi connectivity index (χ4v) is 4.36. The molecule has 30 heavy (non-hydrogen) atoms. The highest BCUT2D eigenvalue weighted by Gasteiger charge is 2.26. The summed E-state index contributed by atoms with van der Waals surface area (Å²) in [6.07, 6.45) is 2.80. The summed E-state index contributed by atoms with van der Waals surface area (Å²) in [5.74, 6) is 1.34. The number of rotatable bonds is 5. The van der Waals surface area contributed by atoms with Gasteiger partial charge < -0.3 is 15.0 Å². The van der Waals surface area contributed by atoms with E-state index in [4.69, 9.17) is 4.74 Å². The van der Waals surface area contributed by atoms with Crippen LogP contribution >= 0.6 is 11.5 Å². The van der Waals surface area contributed by atoms with Crippen LogP contribution in [0.4, 0.5) is 5.82 Å². The zero-order chi connectivity index (χ0) is 21.3. The van der Waals surface area contributed by atoms with Crippen molar-refractivity contribution in [2.45, 2.75) is 45.7 Å². The zero-order valence-corrected chi connectivity index (χ0v) is 18.8. The number of methoxy groups -OCH3 is 1. The Kier molecular flexibility index (Phi) is 5.66. The van der Waals surface area contributed by atoms with Crippen molar-refractivity contribution in [3.8, 4) is 27.8 Å². The van der Waals surface area contributed by atoms with Crippen LogP contribution in [0.1, 0.15) is 32.9 Å². The quantitative estimate of drug-likeness (QED) is 0.666. The Balaban J connectivity index is 1.50. The average molecular weight is 426 g/mol. The summed E-state index contributed by atoms with van der Waals surface area (Å²) >= 11 is 1.38. The van der Waals surface area contributed by atoms with Gasteiger partial charge in [0.2, 0.25) is 5.88 Å². The van der Waals surface area contributed by atoms with Crippen molar-refractivity contribution >= 4 is 17.4 Å². The molecule has 3 aromatic rings. The molecule has 0 unspecified atom stereocenters. The van der Waals surface area contributed by atoms with Gasteiger partial charge in [0.15, 0.2) is 5.82 Å². The van der Waals surface area contributed by atoms with Gasteiger partial charge in [-0.2, -0.15) is 4.37 Å². The standard InChI is InChI=1S/C21H27N7OS/c1-13-10-17(30-27-13)19-20(29-5)23-16(11-22-19)15-6-7-18(26-25-15)28-9-8-14(12-28)24-21(2,3)4/h6-7,10-11,14,24H,8-9,12H2,1-5H3/t14-/m0/s1. The molecule has 1 aliphatic heterocycles. The Morgan fingerprint density at radius 2 is 2.03 bits per heavy atom. The van der Waals surface area contributed by atoms with E-state index < -0.39 is 0 Å². The topological polar surface area (TPSA) is 89.0 Å². The highest BCUT2D eigenvalue weighted by molar-refractivity contribution is 7.09. The van der Waals surface area contributed by atoms with Crippen LogP contribution in [0.25, 0.3) is 22.0 Å². The van der Waals surface area contributed by atoms with Crippen LogP contribution in [-0.4, -0.2) is 56.3 Å². The van der Waals surface area contributed by atoms with Gasteiger partial charge in [0, 0.05) is 24.7 Å². The molecule has 4 heterocycles. The van der Waals surface area contributed by atoms with Gasteiger partial charge in [-0.05, 0) is 63.8 Å². The summed E-state index contributed by atoms with van der Waals surface area (Å²) in [4.78, 5) is 12.3. The number of nitrogens with one attached hydrogen (secondary N) is 1. The van der Waals surface area contributed by atoms with E-state index in [-0.39, 0.29) is 5.54 Å². The number of aromatic nitrogens is 5. The van der Waals surface area contributed by atoms with Crippen LogP contribution in [0.3, 0.4) is 0 Å². The third-order valence-electron chi connectivity index (χ3n) is 4.86. The molecular weight excluding hydrogens is 398 g/mol. The zero-order valence-electron chi connectivity index (χ0n) is 18.0. The van der Waals surface area contributed by atoms with E-state index in [2.05, 4.69) is 55.5 Å². The first kappa shape index (κ1) is 20.6. The van der Waals surface area contributed by atoms with Crippen molar-refractivity contribution in [3.05, 3.63) is 30.1 Å². The van der Waals surface area contributed by atoms with Crippen molar-refractivity contribution in [1.82, 2.24) is 29.9 Å². The first-order valence-electron chi connectivity index (χ1n) is 10.0. The average Bonchev–Trinajstić information content (AvgIpc) is 3.35. The van der Waals surface area contributed by atoms with Crippen LogP contribution in [0.15, 0.2) is 24.4 Å². The Hall–Kier alpha value is -2.65. The molecule has 1 saturated heterocycles. The fourth-order valence-electron chi connectivity index (χ4n) is 3.61. The third-order valence-corrected chi connectivity index (χ3v) is 5.74. The molecule has 158 valence electrons. The number of hydrogen-bond acceptors (Lipinski definition) is 9. The molecular formula is C21H27N7OS. The Morgan fingerprint density at radius 3 is 2.67 bits per heavy atom. The van der Waals surface area contributed by atoms with Gasteiger partial charge >= 0.3 is 0 Å². The van der Waals surface area contributed by atoms with Crippen LogP contribution in [0.5, 0.6) is 5.88 Å². The molecule has 0 saturated carbocycles. The summed E-state index contributed by atoms with van der Waals surface area (Å²) < 4.78 is 9.78. The first-order chi connectivity index (χ1) is 14.3. The maximum Gasteiger partial charge on any atom is 0.241 e. The minimum absolute atomic E-state index is 0.109. The number of nitrogens with zero attached hydrogens (tertiary/aromatic N) is 6. The van der Waals surface area contributed by atoms with Crippen molar-refractivity contribution in [2.75, 3.05) is 25.1 Å². The molecule has 3 aromatic heterocycles. The van der Waals surface area contributed by atoms with E-state index in [0.717, 1.165) is 35.9 Å². The lowest BCUT2D eigenvalue weighted by molar-refractivity contribution is 0.373. The maximum atomic E-state index is 5.47. The molecule has 1 N–H and O–H groups in total. The normalized spacial score (nSPS) is 16.8. The lowest BCUT2D eigenvalue weighted by atomic mass is 10.1. The SMILES string of the molecule is COc1nc(-c2ccc(N3CC[C@H](NC(C)(C)C)C3)nn2)cnc1-c1cc(C)ns1. The van der Waals surface area contributed by atoms with E-state index in [1.165, 1.54) is 11.5 Å². The Morgan fingerprint density at radius 1 is 1.20 bits per heavy atom. The van der Waals surface area contributed by atoms with E-state index in [1.54, 1.807) is 13.3 Å². The molecule has 1 fully saturated rings. The third kappa shape index (κ3) is 4.57. The number of ether oxygens (including phenoxy) is 1. The molecule has 0 amide bonds. The van der Waals surface area contributed by atoms with E-state index in [1.807, 2.05) is 25.1 Å². The molecule has 4 rings (SSSR count). The predicted molar refractivity (Wildman–Crippen MR) is 119 cm³/mol. The van der Waals surface area contributed by atoms with Crippen LogP contribution in [0, 0.1) is 6.92 Å². The van der Waals surface area contributed by atoms with Crippen molar-refractivity contribution in [2.24, 2.45) is 0 Å². The van der Waals surface area contributed by atoms with Gasteiger partial charge in [-0.1, -0.05) is 0 Å². The minimum atomic E-state index is 0.109. The number of anilines is 1. The molecule has 0 bridgehead atoms. The van der Waals surface area contributed by atoms with Crippen LogP contribution in [-0.2, 0) is 0 Å². The summed E-state index contributed by atoms with van der Waals surface area (Å²) in [5, 5.41) is 12.5. The van der Waals surface area contributed by atoms with Gasteiger partial charge in [0.05, 0.1) is 23.9 Å². The fraction of sp³-hybridized carbons (Fsp3) is 0.476. The number of hydrogen-bond donors (Lipinski definition) is 1. The second-order valence-corrected chi connectivity index (χ2v) is 9.35. The Bertz CT molecular complexity index is 1010. The van der Waals surface area contributed by atoms with Crippen LogP contribution in [0.2, 0.25) is 0 Å². The Labute approximate surface area is 180 Å². The van der Waals surface area contributed by atoms with E-state index >= 15 is 0 Å². The molecule has 0 spiro atoms. The minimum Gasteiger partial charge on any atom is -0.479 e. The molecule has 1 aliphatic rings.